The fourth-order valence-corrected chi connectivity index (χ4v) is 3.48. The molecular weight excluding hydrogens is 258 g/mol. The van der Waals surface area contributed by atoms with Crippen molar-refractivity contribution < 1.29 is 0 Å². The predicted molar refractivity (Wildman–Crippen MR) is 80.4 cm³/mol. The third-order valence-corrected chi connectivity index (χ3v) is 4.68. The van der Waals surface area contributed by atoms with Crippen molar-refractivity contribution in [3.05, 3.63) is 27.9 Å². The van der Waals surface area contributed by atoms with Gasteiger partial charge in [-0.1, -0.05) is 26.7 Å². The van der Waals surface area contributed by atoms with E-state index < -0.39 is 0 Å². The monoisotopic (exact) mass is 281 g/mol. The van der Waals surface area contributed by atoms with Crippen LogP contribution in [0.25, 0.3) is 0 Å². The fraction of sp³-hybridized carbons (Fsp3) is 0.714. The van der Waals surface area contributed by atoms with Crippen molar-refractivity contribution in [1.82, 2.24) is 15.3 Å². The minimum atomic E-state index is -0.0439. The minimum absolute atomic E-state index is 0.0439. The lowest BCUT2D eigenvalue weighted by molar-refractivity contribution is 0.579. The Bertz CT molecular complexity index is 452. The molecule has 0 amide bonds. The van der Waals surface area contributed by atoms with Crippen LogP contribution in [0.15, 0.2) is 10.9 Å². The van der Waals surface area contributed by atoms with Crippen molar-refractivity contribution in [2.75, 3.05) is 0 Å². The van der Waals surface area contributed by atoms with Gasteiger partial charge in [-0.05, 0) is 12.8 Å². The Hall–Kier alpha value is -0.810. The zero-order valence-electron chi connectivity index (χ0n) is 11.7. The summed E-state index contributed by atoms with van der Waals surface area (Å²) in [5, 5.41) is 4.04. The van der Waals surface area contributed by atoms with E-state index in [1.54, 1.807) is 6.07 Å². The number of rotatable bonds is 6. The lowest BCUT2D eigenvalue weighted by Crippen LogP contribution is -2.24. The van der Waals surface area contributed by atoms with Crippen molar-refractivity contribution in [3.8, 4) is 0 Å². The van der Waals surface area contributed by atoms with Gasteiger partial charge in [0.1, 0.15) is 5.82 Å². The van der Waals surface area contributed by atoms with Crippen LogP contribution < -0.4 is 10.9 Å². The Kier molecular flexibility index (Phi) is 5.45. The Balaban J connectivity index is 1.93. The standard InChI is InChI=1S/C14H23N3OS/c1-10(2)15-8-11-7-14(18)17-13(16-11)9-19-12-5-3-4-6-12/h7,10,12,15H,3-6,8-9H2,1-2H3,(H,16,17,18). The molecule has 0 atom stereocenters. The molecule has 1 aromatic heterocycles. The van der Waals surface area contributed by atoms with Crippen molar-refractivity contribution >= 4 is 11.8 Å². The zero-order valence-corrected chi connectivity index (χ0v) is 12.6. The van der Waals surface area contributed by atoms with Gasteiger partial charge in [-0.2, -0.15) is 11.8 Å². The van der Waals surface area contributed by atoms with Crippen molar-refractivity contribution in [1.29, 1.82) is 0 Å². The number of aromatic amines is 1. The van der Waals surface area contributed by atoms with Crippen LogP contribution in [0, 0.1) is 0 Å². The molecule has 0 radical (unpaired) electrons. The molecule has 0 bridgehead atoms. The molecule has 0 saturated heterocycles. The summed E-state index contributed by atoms with van der Waals surface area (Å²) in [4.78, 5) is 19.0. The predicted octanol–water partition coefficient (Wildman–Crippen LogP) is 2.44. The van der Waals surface area contributed by atoms with Crippen LogP contribution in [0.1, 0.15) is 51.0 Å². The number of thioether (sulfide) groups is 1. The van der Waals surface area contributed by atoms with Crippen LogP contribution in [0.4, 0.5) is 0 Å². The average molecular weight is 281 g/mol. The quantitative estimate of drug-likeness (QED) is 0.841. The third kappa shape index (κ3) is 4.99. The highest BCUT2D eigenvalue weighted by Crippen LogP contribution is 2.30. The molecular formula is C14H23N3OS. The van der Waals surface area contributed by atoms with Gasteiger partial charge in [0.2, 0.25) is 0 Å². The highest BCUT2D eigenvalue weighted by Gasteiger charge is 2.15. The fourth-order valence-electron chi connectivity index (χ4n) is 2.28. The summed E-state index contributed by atoms with van der Waals surface area (Å²) in [7, 11) is 0. The molecule has 1 aliphatic carbocycles. The summed E-state index contributed by atoms with van der Waals surface area (Å²) in [6.45, 7) is 4.83. The lowest BCUT2D eigenvalue weighted by Gasteiger charge is -2.10. The maximum atomic E-state index is 11.6. The van der Waals surface area contributed by atoms with Crippen LogP contribution in [0.2, 0.25) is 0 Å². The summed E-state index contributed by atoms with van der Waals surface area (Å²) < 4.78 is 0. The van der Waals surface area contributed by atoms with Gasteiger partial charge in [-0.25, -0.2) is 4.98 Å². The molecule has 1 fully saturated rings. The topological polar surface area (TPSA) is 57.8 Å². The summed E-state index contributed by atoms with van der Waals surface area (Å²) in [5.74, 6) is 1.63. The molecule has 1 aliphatic rings. The number of aromatic nitrogens is 2. The Morgan fingerprint density at radius 3 is 2.89 bits per heavy atom. The van der Waals surface area contributed by atoms with Crippen LogP contribution >= 0.6 is 11.8 Å². The first-order chi connectivity index (χ1) is 9.13. The summed E-state index contributed by atoms with van der Waals surface area (Å²) in [6, 6.07) is 1.98. The van der Waals surface area contributed by atoms with Gasteiger partial charge in [0.15, 0.2) is 0 Å². The third-order valence-electron chi connectivity index (χ3n) is 3.29. The number of hydrogen-bond acceptors (Lipinski definition) is 4. The lowest BCUT2D eigenvalue weighted by atomic mass is 10.3. The molecule has 1 heterocycles. The van der Waals surface area contributed by atoms with E-state index in [1.165, 1.54) is 25.7 Å². The van der Waals surface area contributed by atoms with E-state index in [2.05, 4.69) is 29.1 Å². The van der Waals surface area contributed by atoms with Crippen LogP contribution in [0.5, 0.6) is 0 Å². The van der Waals surface area contributed by atoms with Crippen LogP contribution in [-0.4, -0.2) is 21.3 Å². The number of nitrogens with zero attached hydrogens (tertiary/aromatic N) is 1. The van der Waals surface area contributed by atoms with Gasteiger partial charge in [0.25, 0.3) is 5.56 Å². The van der Waals surface area contributed by atoms with Crippen LogP contribution in [0.3, 0.4) is 0 Å². The van der Waals surface area contributed by atoms with Gasteiger partial charge in [-0.3, -0.25) is 4.79 Å². The maximum Gasteiger partial charge on any atom is 0.251 e. The molecule has 106 valence electrons. The molecule has 5 heteroatoms. The second kappa shape index (κ2) is 7.10. The molecule has 0 aliphatic heterocycles. The van der Waals surface area contributed by atoms with E-state index in [-0.39, 0.29) is 5.56 Å². The number of H-pyrrole nitrogens is 1. The van der Waals surface area contributed by atoms with E-state index in [0.29, 0.717) is 12.6 Å². The van der Waals surface area contributed by atoms with E-state index in [9.17, 15) is 4.79 Å². The molecule has 2 N–H and O–H groups in total. The van der Waals surface area contributed by atoms with E-state index in [0.717, 1.165) is 22.5 Å². The first-order valence-corrected chi connectivity index (χ1v) is 8.12. The molecule has 0 unspecified atom stereocenters. The molecule has 2 rings (SSSR count). The van der Waals surface area contributed by atoms with Gasteiger partial charge in [0, 0.05) is 23.9 Å². The Morgan fingerprint density at radius 2 is 2.21 bits per heavy atom. The summed E-state index contributed by atoms with van der Waals surface area (Å²) >= 11 is 1.93. The van der Waals surface area contributed by atoms with E-state index in [1.807, 2.05) is 11.8 Å². The molecule has 1 saturated carbocycles. The smallest absolute Gasteiger partial charge is 0.251 e. The van der Waals surface area contributed by atoms with Gasteiger partial charge >= 0.3 is 0 Å². The maximum absolute atomic E-state index is 11.6. The molecule has 4 nitrogen and oxygen atoms in total. The van der Waals surface area contributed by atoms with E-state index >= 15 is 0 Å². The Labute approximate surface area is 118 Å². The Morgan fingerprint density at radius 1 is 1.47 bits per heavy atom. The number of nitrogens with one attached hydrogen (secondary N) is 2. The first kappa shape index (κ1) is 14.6. The molecule has 0 aromatic carbocycles. The van der Waals surface area contributed by atoms with E-state index in [4.69, 9.17) is 0 Å². The minimum Gasteiger partial charge on any atom is -0.310 e. The second-order valence-corrected chi connectivity index (χ2v) is 6.73. The average Bonchev–Trinajstić information content (AvgIpc) is 2.86. The van der Waals surface area contributed by atoms with Crippen LogP contribution in [-0.2, 0) is 12.3 Å². The van der Waals surface area contributed by atoms with Gasteiger partial charge < -0.3 is 10.3 Å². The highest BCUT2D eigenvalue weighted by molar-refractivity contribution is 7.99. The normalized spacial score (nSPS) is 16.4. The zero-order chi connectivity index (χ0) is 13.7. The first-order valence-electron chi connectivity index (χ1n) is 7.07. The van der Waals surface area contributed by atoms with Gasteiger partial charge in [0.05, 0.1) is 11.4 Å². The summed E-state index contributed by atoms with van der Waals surface area (Å²) in [5.41, 5.74) is 0.789. The summed E-state index contributed by atoms with van der Waals surface area (Å²) in [6.07, 6.45) is 5.31. The molecule has 19 heavy (non-hydrogen) atoms. The SMILES string of the molecule is CC(C)NCc1cc(=O)[nH]c(CSC2CCCC2)n1. The molecule has 0 spiro atoms. The van der Waals surface area contributed by atoms with Crippen molar-refractivity contribution in [2.45, 2.75) is 63.1 Å². The van der Waals surface area contributed by atoms with Gasteiger partial charge in [-0.15, -0.1) is 0 Å². The van der Waals surface area contributed by atoms with Crippen molar-refractivity contribution in [3.63, 3.8) is 0 Å². The second-order valence-electron chi connectivity index (χ2n) is 5.44. The largest absolute Gasteiger partial charge is 0.310 e. The number of hydrogen-bond donors (Lipinski definition) is 2. The molecule has 1 aromatic rings. The van der Waals surface area contributed by atoms with Crippen molar-refractivity contribution in [2.24, 2.45) is 0 Å². The highest BCUT2D eigenvalue weighted by atomic mass is 32.2.